The number of carboxylic acids is 1. The van der Waals surface area contributed by atoms with E-state index in [1.54, 1.807) is 37.3 Å². The minimum atomic E-state index is -1.36. The third kappa shape index (κ3) is 7.99. The molecule has 244 valence electrons. The molecular weight excluding hydrogens is 600 g/mol. The van der Waals surface area contributed by atoms with Crippen molar-refractivity contribution in [1.82, 2.24) is 0 Å². The Balaban J connectivity index is 1.86. The van der Waals surface area contributed by atoms with Crippen molar-refractivity contribution in [1.29, 1.82) is 0 Å². The van der Waals surface area contributed by atoms with Gasteiger partial charge in [-0.2, -0.15) is 0 Å². The fraction of sp³-hybridized carbons (Fsp3) is 0.382. The van der Waals surface area contributed by atoms with E-state index in [0.717, 1.165) is 19.4 Å². The van der Waals surface area contributed by atoms with Gasteiger partial charge in [0.1, 0.15) is 24.6 Å². The average molecular weight is 637 g/mol. The number of ether oxygens (including phenoxy) is 6. The van der Waals surface area contributed by atoms with Gasteiger partial charge in [-0.1, -0.05) is 36.4 Å². The predicted molar refractivity (Wildman–Crippen MR) is 161 cm³/mol. The molecule has 0 spiro atoms. The van der Waals surface area contributed by atoms with E-state index in [-0.39, 0.29) is 25.2 Å². The second kappa shape index (κ2) is 14.9. The summed E-state index contributed by atoms with van der Waals surface area (Å²) in [6.07, 6.45) is -6.10. The van der Waals surface area contributed by atoms with Gasteiger partial charge in [0, 0.05) is 33.3 Å². The zero-order valence-corrected chi connectivity index (χ0v) is 26.1. The number of hydrogen-bond acceptors (Lipinski definition) is 11. The van der Waals surface area contributed by atoms with Crippen LogP contribution in [0.2, 0.25) is 0 Å². The van der Waals surface area contributed by atoms with Crippen molar-refractivity contribution in [3.63, 3.8) is 0 Å². The van der Waals surface area contributed by atoms with E-state index in [0.29, 0.717) is 28.0 Å². The van der Waals surface area contributed by atoms with Crippen molar-refractivity contribution in [2.45, 2.75) is 71.6 Å². The number of carbonyl (C=O) groups is 5. The van der Waals surface area contributed by atoms with Crippen LogP contribution >= 0.6 is 0 Å². The van der Waals surface area contributed by atoms with Gasteiger partial charge in [-0.25, -0.2) is 4.79 Å². The number of carbonyl (C=O) groups excluding carboxylic acids is 4. The molecule has 3 aliphatic rings. The summed E-state index contributed by atoms with van der Waals surface area (Å²) in [6, 6.07) is 16.0. The lowest BCUT2D eigenvalue weighted by Crippen LogP contribution is -2.59. The fourth-order valence-corrected chi connectivity index (χ4v) is 5.66. The zero-order chi connectivity index (χ0) is 33.5. The van der Waals surface area contributed by atoms with Gasteiger partial charge in [0.2, 0.25) is 0 Å². The molecule has 0 bridgehead atoms. The lowest BCUT2D eigenvalue weighted by Gasteiger charge is -2.44. The average Bonchev–Trinajstić information content (AvgIpc) is 3.14. The van der Waals surface area contributed by atoms with Gasteiger partial charge in [0.05, 0.1) is 12.2 Å². The SMILES string of the molecule is CCOc1ccc(Cc2cc3cccccc-3c2C(=O)O)cc1[C@@H]1O[C@H](COC(C)=O)[C@@H](OC(C)=O)[C@H](OC(C)=O)[C@H]1OC(C)=O. The van der Waals surface area contributed by atoms with Crippen LogP contribution < -0.4 is 4.74 Å². The van der Waals surface area contributed by atoms with Crippen LogP contribution in [0.3, 0.4) is 0 Å². The molecule has 0 saturated carbocycles. The second-order valence-electron chi connectivity index (χ2n) is 10.7. The van der Waals surface area contributed by atoms with Crippen molar-refractivity contribution >= 4 is 29.8 Å². The Kier molecular flexibility index (Phi) is 11.0. The summed E-state index contributed by atoms with van der Waals surface area (Å²) >= 11 is 0. The smallest absolute Gasteiger partial charge is 0.336 e. The number of esters is 4. The van der Waals surface area contributed by atoms with Crippen LogP contribution in [0.5, 0.6) is 5.75 Å². The van der Waals surface area contributed by atoms with Crippen LogP contribution in [0.4, 0.5) is 0 Å². The molecule has 1 aromatic rings. The number of carboxylic acid groups (broad SMARTS) is 1. The van der Waals surface area contributed by atoms with Gasteiger partial charge < -0.3 is 33.5 Å². The van der Waals surface area contributed by atoms with Crippen molar-refractivity contribution < 1.29 is 57.5 Å². The Morgan fingerprint density at radius 3 is 2.07 bits per heavy atom. The molecule has 0 unspecified atom stereocenters. The summed E-state index contributed by atoms with van der Waals surface area (Å²) in [4.78, 5) is 60.9. The molecule has 12 nitrogen and oxygen atoms in total. The molecule has 1 fully saturated rings. The predicted octanol–water partition coefficient (Wildman–Crippen LogP) is 4.28. The molecule has 1 N–H and O–H groups in total. The van der Waals surface area contributed by atoms with E-state index in [9.17, 15) is 29.1 Å². The molecule has 2 aliphatic carbocycles. The zero-order valence-electron chi connectivity index (χ0n) is 26.1. The highest BCUT2D eigenvalue weighted by Gasteiger charge is 2.53. The molecule has 0 aromatic heterocycles. The maximum absolute atomic E-state index is 12.4. The first-order valence-corrected chi connectivity index (χ1v) is 14.7. The Hall–Kier alpha value is -4.97. The molecule has 46 heavy (non-hydrogen) atoms. The standard InChI is InChI=1S/C34H36O12/c1-6-41-27-13-12-22(14-24-16-23-10-8-7-9-11-25(23)29(24)34(39)40)15-26(27)30-32(44-20(4)37)33(45-21(5)38)31(43-19(3)36)28(46-30)17-42-18(2)35/h7-13,15-16,28,30-33H,6,14,17H2,1-5H3,(H,39,40)/t28-,30+,31-,32+,33+/m1/s1. The topological polar surface area (TPSA) is 161 Å². The number of aromatic carboxylic acids is 1. The van der Waals surface area contributed by atoms with Gasteiger partial charge in [-0.3, -0.25) is 19.2 Å². The van der Waals surface area contributed by atoms with E-state index < -0.39 is 60.4 Å². The van der Waals surface area contributed by atoms with Crippen molar-refractivity contribution in [3.05, 3.63) is 76.9 Å². The first-order chi connectivity index (χ1) is 21.9. The van der Waals surface area contributed by atoms with Gasteiger partial charge in [-0.05, 0) is 53.8 Å². The van der Waals surface area contributed by atoms with Crippen LogP contribution in [-0.4, -0.2) is 72.6 Å². The van der Waals surface area contributed by atoms with Crippen LogP contribution in [0.15, 0.2) is 54.6 Å². The largest absolute Gasteiger partial charge is 0.493 e. The molecule has 12 heteroatoms. The molecule has 5 atom stereocenters. The Morgan fingerprint density at radius 1 is 0.783 bits per heavy atom. The van der Waals surface area contributed by atoms with E-state index >= 15 is 0 Å². The maximum Gasteiger partial charge on any atom is 0.336 e. The highest BCUT2D eigenvalue weighted by atomic mass is 16.7. The van der Waals surface area contributed by atoms with Crippen LogP contribution in [0, 0.1) is 0 Å². The molecule has 1 heterocycles. The monoisotopic (exact) mass is 636 g/mol. The van der Waals surface area contributed by atoms with Crippen molar-refractivity contribution in [3.8, 4) is 16.9 Å². The van der Waals surface area contributed by atoms with E-state index in [2.05, 4.69) is 0 Å². The van der Waals surface area contributed by atoms with E-state index in [4.69, 9.17) is 28.4 Å². The van der Waals surface area contributed by atoms with Crippen molar-refractivity contribution in [2.24, 2.45) is 0 Å². The fourth-order valence-electron chi connectivity index (χ4n) is 5.66. The Labute approximate surface area is 265 Å². The van der Waals surface area contributed by atoms with E-state index in [1.807, 2.05) is 24.3 Å². The number of benzene rings is 1. The minimum Gasteiger partial charge on any atom is -0.493 e. The van der Waals surface area contributed by atoms with Crippen LogP contribution in [0.25, 0.3) is 11.1 Å². The summed E-state index contributed by atoms with van der Waals surface area (Å²) < 4.78 is 34.3. The molecule has 0 radical (unpaired) electrons. The molecular formula is C34H36O12. The molecule has 1 saturated heterocycles. The highest BCUT2D eigenvalue weighted by molar-refractivity contribution is 5.99. The van der Waals surface area contributed by atoms with Gasteiger partial charge >= 0.3 is 29.8 Å². The molecule has 0 amide bonds. The quantitative estimate of drug-likeness (QED) is 0.235. The molecule has 4 rings (SSSR count). The van der Waals surface area contributed by atoms with Gasteiger partial charge in [0.25, 0.3) is 0 Å². The minimum absolute atomic E-state index is 0.175. The summed E-state index contributed by atoms with van der Waals surface area (Å²) in [5, 5.41) is 10.1. The Morgan fingerprint density at radius 2 is 1.43 bits per heavy atom. The summed E-state index contributed by atoms with van der Waals surface area (Å²) in [6.45, 7) is 6.32. The van der Waals surface area contributed by atoms with Gasteiger partial charge in [0.15, 0.2) is 18.3 Å². The number of hydrogen-bond donors (Lipinski definition) is 1. The third-order valence-corrected chi connectivity index (χ3v) is 7.27. The second-order valence-corrected chi connectivity index (χ2v) is 10.7. The molecule has 1 aliphatic heterocycles. The lowest BCUT2D eigenvalue weighted by atomic mass is 9.88. The third-order valence-electron chi connectivity index (χ3n) is 7.27. The van der Waals surface area contributed by atoms with E-state index in [1.165, 1.54) is 13.8 Å². The summed E-state index contributed by atoms with van der Waals surface area (Å²) in [5.74, 6) is -3.56. The number of fused-ring (bicyclic) bond motifs is 1. The van der Waals surface area contributed by atoms with Crippen molar-refractivity contribution in [2.75, 3.05) is 13.2 Å². The lowest BCUT2D eigenvalue weighted by molar-refractivity contribution is -0.254. The summed E-state index contributed by atoms with van der Waals surface area (Å²) in [5.41, 5.74) is 3.17. The Bertz CT molecular complexity index is 1580. The molecule has 1 aromatic carbocycles. The summed E-state index contributed by atoms with van der Waals surface area (Å²) in [7, 11) is 0. The number of rotatable bonds is 11. The van der Waals surface area contributed by atoms with Crippen LogP contribution in [0.1, 0.15) is 67.8 Å². The van der Waals surface area contributed by atoms with Gasteiger partial charge in [-0.15, -0.1) is 0 Å². The normalized spacial score (nSPS) is 20.8. The first-order valence-electron chi connectivity index (χ1n) is 14.7. The van der Waals surface area contributed by atoms with Crippen LogP contribution in [-0.2, 0) is 49.3 Å². The first kappa shape index (κ1) is 33.9. The maximum atomic E-state index is 12.4. The highest BCUT2D eigenvalue weighted by Crippen LogP contribution is 2.42.